The molecule has 2 aromatic rings. The molecule has 0 bridgehead atoms. The molecule has 1 aliphatic rings. The third-order valence-electron chi connectivity index (χ3n) is 4.05. The quantitative estimate of drug-likeness (QED) is 0.917. The fourth-order valence-corrected chi connectivity index (χ4v) is 2.85. The topological polar surface area (TPSA) is 53.5 Å². The third kappa shape index (κ3) is 3.88. The molecule has 24 heavy (non-hydrogen) atoms. The molecule has 6 nitrogen and oxygen atoms in total. The Hall–Kier alpha value is -2.05. The van der Waals surface area contributed by atoms with Crippen molar-refractivity contribution in [1.29, 1.82) is 0 Å². The summed E-state index contributed by atoms with van der Waals surface area (Å²) < 4.78 is 5.38. The van der Waals surface area contributed by atoms with Crippen LogP contribution in [0.1, 0.15) is 5.69 Å². The first kappa shape index (κ1) is 16.8. The molecule has 1 saturated heterocycles. The first-order valence-corrected chi connectivity index (χ1v) is 8.32. The number of nitrogens with one attached hydrogen (secondary N) is 1. The van der Waals surface area contributed by atoms with Gasteiger partial charge in [0.2, 0.25) is 5.95 Å². The van der Waals surface area contributed by atoms with Gasteiger partial charge in [0.1, 0.15) is 11.6 Å². The predicted molar refractivity (Wildman–Crippen MR) is 97.8 cm³/mol. The molecule has 1 N–H and O–H groups in total. The van der Waals surface area contributed by atoms with Gasteiger partial charge in [0.15, 0.2) is 0 Å². The summed E-state index contributed by atoms with van der Waals surface area (Å²) >= 11 is 6.10. The number of benzene rings is 1. The number of methoxy groups -OCH3 is 1. The fraction of sp³-hybridized carbons (Fsp3) is 0.412. The van der Waals surface area contributed by atoms with E-state index in [9.17, 15) is 0 Å². The highest BCUT2D eigenvalue weighted by atomic mass is 35.5. The molecule has 0 unspecified atom stereocenters. The molecular weight excluding hydrogens is 326 g/mol. The van der Waals surface area contributed by atoms with E-state index in [-0.39, 0.29) is 0 Å². The maximum Gasteiger partial charge on any atom is 0.227 e. The van der Waals surface area contributed by atoms with Gasteiger partial charge in [-0.05, 0) is 32.2 Å². The number of hydrogen-bond acceptors (Lipinski definition) is 6. The third-order valence-corrected chi connectivity index (χ3v) is 4.29. The second-order valence-electron chi connectivity index (χ2n) is 5.95. The van der Waals surface area contributed by atoms with Gasteiger partial charge in [-0.1, -0.05) is 11.6 Å². The van der Waals surface area contributed by atoms with E-state index in [1.165, 1.54) is 0 Å². The molecule has 0 aliphatic carbocycles. The van der Waals surface area contributed by atoms with Crippen molar-refractivity contribution in [3.63, 3.8) is 0 Å². The van der Waals surface area contributed by atoms with Crippen LogP contribution in [0.2, 0.25) is 5.02 Å². The van der Waals surface area contributed by atoms with E-state index in [2.05, 4.69) is 32.1 Å². The molecule has 0 radical (unpaired) electrons. The molecule has 128 valence electrons. The molecular formula is C17H22ClN5O. The first-order chi connectivity index (χ1) is 11.5. The maximum absolute atomic E-state index is 6.10. The Morgan fingerprint density at radius 1 is 1.12 bits per heavy atom. The highest BCUT2D eigenvalue weighted by molar-refractivity contribution is 6.31. The summed E-state index contributed by atoms with van der Waals surface area (Å²) in [5.74, 6) is 2.21. The fourth-order valence-electron chi connectivity index (χ4n) is 2.68. The van der Waals surface area contributed by atoms with Crippen molar-refractivity contribution in [1.82, 2.24) is 14.9 Å². The SMILES string of the molecule is COc1ccc(Cl)cc1Nc1cc(C)nc(N2CCN(C)CC2)n1. The van der Waals surface area contributed by atoms with Crippen molar-refractivity contribution in [3.05, 3.63) is 35.0 Å². The van der Waals surface area contributed by atoms with Crippen LogP contribution in [0.25, 0.3) is 0 Å². The molecule has 3 rings (SSSR count). The number of halogens is 1. The van der Waals surface area contributed by atoms with Crippen molar-refractivity contribution in [2.24, 2.45) is 0 Å². The van der Waals surface area contributed by atoms with Crippen LogP contribution in [-0.2, 0) is 0 Å². The van der Waals surface area contributed by atoms with Crippen LogP contribution in [-0.4, -0.2) is 55.2 Å². The summed E-state index contributed by atoms with van der Waals surface area (Å²) in [6.07, 6.45) is 0. The smallest absolute Gasteiger partial charge is 0.227 e. The van der Waals surface area contributed by atoms with Gasteiger partial charge in [0.25, 0.3) is 0 Å². The van der Waals surface area contributed by atoms with E-state index in [4.69, 9.17) is 16.3 Å². The van der Waals surface area contributed by atoms with E-state index in [0.29, 0.717) is 5.02 Å². The van der Waals surface area contributed by atoms with Gasteiger partial charge >= 0.3 is 0 Å². The lowest BCUT2D eigenvalue weighted by atomic mass is 10.3. The summed E-state index contributed by atoms with van der Waals surface area (Å²) in [6.45, 7) is 5.87. The number of nitrogens with zero attached hydrogens (tertiary/aromatic N) is 4. The highest BCUT2D eigenvalue weighted by Gasteiger charge is 2.17. The minimum Gasteiger partial charge on any atom is -0.495 e. The Labute approximate surface area is 147 Å². The van der Waals surface area contributed by atoms with Crippen LogP contribution in [0.3, 0.4) is 0 Å². The van der Waals surface area contributed by atoms with Crippen LogP contribution < -0.4 is 15.0 Å². The minimum atomic E-state index is 0.642. The Kier molecular flexibility index (Phi) is 5.06. The number of aromatic nitrogens is 2. The number of anilines is 3. The molecule has 1 fully saturated rings. The Balaban J connectivity index is 1.85. The Bertz CT molecular complexity index is 716. The average Bonchev–Trinajstić information content (AvgIpc) is 2.55. The van der Waals surface area contributed by atoms with Gasteiger partial charge in [0, 0.05) is 43.0 Å². The summed E-state index contributed by atoms with van der Waals surface area (Å²) in [6, 6.07) is 7.37. The van der Waals surface area contributed by atoms with Gasteiger partial charge in [0.05, 0.1) is 12.8 Å². The average molecular weight is 348 g/mol. The molecule has 1 aromatic carbocycles. The van der Waals surface area contributed by atoms with Crippen LogP contribution in [0, 0.1) is 6.92 Å². The van der Waals surface area contributed by atoms with Gasteiger partial charge in [-0.3, -0.25) is 0 Å². The standard InChI is InChI=1S/C17H22ClN5O/c1-12-10-16(20-14-11-13(18)4-5-15(14)24-3)21-17(19-12)23-8-6-22(2)7-9-23/h4-5,10-11H,6-9H2,1-3H3,(H,19,20,21). The van der Waals surface area contributed by atoms with E-state index in [1.54, 1.807) is 13.2 Å². The number of piperazine rings is 1. The molecule has 2 heterocycles. The zero-order valence-electron chi connectivity index (χ0n) is 14.2. The van der Waals surface area contributed by atoms with Gasteiger partial charge in [-0.2, -0.15) is 4.98 Å². The number of rotatable bonds is 4. The predicted octanol–water partition coefficient (Wildman–Crippen LogP) is 2.94. The molecule has 1 aromatic heterocycles. The van der Waals surface area contributed by atoms with Crippen LogP contribution in [0.5, 0.6) is 5.75 Å². The maximum atomic E-state index is 6.10. The Morgan fingerprint density at radius 2 is 1.88 bits per heavy atom. The van der Waals surface area contributed by atoms with E-state index < -0.39 is 0 Å². The normalized spacial score (nSPS) is 15.4. The number of ether oxygens (including phenoxy) is 1. The van der Waals surface area contributed by atoms with Gasteiger partial charge < -0.3 is 19.9 Å². The van der Waals surface area contributed by atoms with Crippen molar-refractivity contribution in [2.45, 2.75) is 6.92 Å². The lowest BCUT2D eigenvalue weighted by Gasteiger charge is -2.32. The molecule has 1 aliphatic heterocycles. The number of hydrogen-bond donors (Lipinski definition) is 1. The molecule has 0 amide bonds. The summed E-state index contributed by atoms with van der Waals surface area (Å²) in [5.41, 5.74) is 1.70. The van der Waals surface area contributed by atoms with Crippen molar-refractivity contribution >= 4 is 29.1 Å². The Morgan fingerprint density at radius 3 is 2.58 bits per heavy atom. The lowest BCUT2D eigenvalue weighted by molar-refractivity contribution is 0.311. The summed E-state index contributed by atoms with van der Waals surface area (Å²) in [4.78, 5) is 13.8. The van der Waals surface area contributed by atoms with Gasteiger partial charge in [-0.25, -0.2) is 4.98 Å². The summed E-state index contributed by atoms with van der Waals surface area (Å²) in [7, 11) is 3.77. The van der Waals surface area contributed by atoms with Crippen molar-refractivity contribution in [3.8, 4) is 5.75 Å². The summed E-state index contributed by atoms with van der Waals surface area (Å²) in [5, 5.41) is 3.94. The van der Waals surface area contributed by atoms with E-state index in [0.717, 1.165) is 55.1 Å². The largest absolute Gasteiger partial charge is 0.495 e. The first-order valence-electron chi connectivity index (χ1n) is 7.95. The molecule has 0 saturated carbocycles. The van der Waals surface area contributed by atoms with E-state index >= 15 is 0 Å². The highest BCUT2D eigenvalue weighted by Crippen LogP contribution is 2.30. The second-order valence-corrected chi connectivity index (χ2v) is 6.39. The second kappa shape index (κ2) is 7.23. The zero-order valence-corrected chi connectivity index (χ0v) is 15.0. The van der Waals surface area contributed by atoms with Crippen LogP contribution >= 0.6 is 11.6 Å². The minimum absolute atomic E-state index is 0.642. The molecule has 0 atom stereocenters. The van der Waals surface area contributed by atoms with E-state index in [1.807, 2.05) is 25.1 Å². The lowest BCUT2D eigenvalue weighted by Crippen LogP contribution is -2.45. The van der Waals surface area contributed by atoms with Crippen molar-refractivity contribution in [2.75, 3.05) is 50.6 Å². The molecule has 0 spiro atoms. The number of likely N-dealkylation sites (N-methyl/N-ethyl adjacent to an activating group) is 1. The van der Waals surface area contributed by atoms with Crippen LogP contribution in [0.15, 0.2) is 24.3 Å². The zero-order chi connectivity index (χ0) is 17.1. The molecule has 7 heteroatoms. The van der Waals surface area contributed by atoms with Crippen molar-refractivity contribution < 1.29 is 4.74 Å². The van der Waals surface area contributed by atoms with Gasteiger partial charge in [-0.15, -0.1) is 0 Å². The van der Waals surface area contributed by atoms with Crippen LogP contribution in [0.4, 0.5) is 17.5 Å². The monoisotopic (exact) mass is 347 g/mol. The number of aryl methyl sites for hydroxylation is 1.